The lowest BCUT2D eigenvalue weighted by Crippen LogP contribution is -2.26. The maximum absolute atomic E-state index is 12.2. The van der Waals surface area contributed by atoms with Gasteiger partial charge in [0.05, 0.1) is 6.10 Å². The van der Waals surface area contributed by atoms with Crippen LogP contribution >= 0.6 is 0 Å². The fourth-order valence-corrected chi connectivity index (χ4v) is 4.01. The number of nitrogens with one attached hydrogen (secondary N) is 1. The lowest BCUT2D eigenvalue weighted by Gasteiger charge is -2.18. The smallest absolute Gasteiger partial charge is 0.0691 e. The zero-order valence-electron chi connectivity index (χ0n) is 11.7. The summed E-state index contributed by atoms with van der Waals surface area (Å²) in [6, 6.07) is 8.54. The number of ether oxygens (including phenoxy) is 1. The van der Waals surface area contributed by atoms with Gasteiger partial charge in [0.2, 0.25) is 0 Å². The monoisotopic (exact) mass is 281 g/mol. The molecule has 1 aliphatic rings. The third-order valence-corrected chi connectivity index (χ3v) is 4.99. The van der Waals surface area contributed by atoms with Crippen LogP contribution in [0.3, 0.4) is 0 Å². The summed E-state index contributed by atoms with van der Waals surface area (Å²) in [4.78, 5) is 0. The molecule has 1 fully saturated rings. The first kappa shape index (κ1) is 14.7. The molecule has 1 aromatic carbocycles. The highest BCUT2D eigenvalue weighted by Crippen LogP contribution is 2.18. The van der Waals surface area contributed by atoms with Crippen molar-refractivity contribution in [2.75, 3.05) is 25.2 Å². The van der Waals surface area contributed by atoms with E-state index in [1.54, 1.807) is 0 Å². The Labute approximate surface area is 118 Å². The van der Waals surface area contributed by atoms with Gasteiger partial charge in [0.1, 0.15) is 0 Å². The Hall–Kier alpha value is -0.710. The number of rotatable bonds is 6. The molecule has 3 unspecified atom stereocenters. The van der Waals surface area contributed by atoms with E-state index in [9.17, 15) is 4.21 Å². The van der Waals surface area contributed by atoms with Gasteiger partial charge in [-0.3, -0.25) is 4.21 Å². The van der Waals surface area contributed by atoms with Crippen molar-refractivity contribution in [3.8, 4) is 0 Å². The summed E-state index contributed by atoms with van der Waals surface area (Å²) in [6.45, 7) is 2.91. The van der Waals surface area contributed by atoms with Gasteiger partial charge in [0, 0.05) is 35.0 Å². The normalized spacial score (nSPS) is 22.3. The lowest BCUT2D eigenvalue weighted by molar-refractivity contribution is 0.128. The van der Waals surface area contributed by atoms with Crippen molar-refractivity contribution in [3.05, 3.63) is 35.4 Å². The zero-order valence-corrected chi connectivity index (χ0v) is 12.5. The molecule has 0 saturated carbocycles. The summed E-state index contributed by atoms with van der Waals surface area (Å²) < 4.78 is 17.8. The summed E-state index contributed by atoms with van der Waals surface area (Å²) in [6.07, 6.45) is 2.37. The molecule has 0 bridgehead atoms. The van der Waals surface area contributed by atoms with Crippen molar-refractivity contribution in [1.82, 2.24) is 5.32 Å². The predicted molar refractivity (Wildman–Crippen MR) is 79.8 cm³/mol. The molecular weight excluding hydrogens is 258 g/mol. The van der Waals surface area contributed by atoms with Crippen LogP contribution in [0.15, 0.2) is 24.3 Å². The topological polar surface area (TPSA) is 38.3 Å². The average molecular weight is 281 g/mol. The van der Waals surface area contributed by atoms with Gasteiger partial charge in [-0.25, -0.2) is 0 Å². The number of hydrogen-bond acceptors (Lipinski definition) is 3. The van der Waals surface area contributed by atoms with Gasteiger partial charge >= 0.3 is 0 Å². The van der Waals surface area contributed by atoms with Crippen molar-refractivity contribution in [1.29, 1.82) is 0 Å². The molecule has 0 aliphatic carbocycles. The van der Waals surface area contributed by atoms with Gasteiger partial charge in [-0.05, 0) is 32.4 Å². The molecule has 3 nitrogen and oxygen atoms in total. The molecule has 0 radical (unpaired) electrons. The highest BCUT2D eigenvalue weighted by atomic mass is 32.2. The van der Waals surface area contributed by atoms with E-state index >= 15 is 0 Å². The third kappa shape index (κ3) is 4.41. The first-order chi connectivity index (χ1) is 9.19. The second-order valence-electron chi connectivity index (χ2n) is 5.16. The molecule has 0 aromatic heterocycles. The number of hydrogen-bond donors (Lipinski definition) is 1. The van der Waals surface area contributed by atoms with E-state index in [4.69, 9.17) is 4.74 Å². The van der Waals surface area contributed by atoms with Crippen LogP contribution in [0.5, 0.6) is 0 Å². The molecule has 1 aromatic rings. The predicted octanol–water partition coefficient (Wildman–Crippen LogP) is 2.18. The van der Waals surface area contributed by atoms with Crippen LogP contribution in [0.25, 0.3) is 0 Å². The molecule has 19 heavy (non-hydrogen) atoms. The lowest BCUT2D eigenvalue weighted by atomic mass is 10.1. The van der Waals surface area contributed by atoms with E-state index in [1.165, 1.54) is 11.1 Å². The van der Waals surface area contributed by atoms with E-state index in [0.717, 1.165) is 19.4 Å². The Balaban J connectivity index is 1.92. The van der Waals surface area contributed by atoms with Crippen molar-refractivity contribution >= 4 is 10.8 Å². The van der Waals surface area contributed by atoms with Gasteiger partial charge in [0.25, 0.3) is 0 Å². The first-order valence-corrected chi connectivity index (χ1v) is 8.38. The highest BCUT2D eigenvalue weighted by Gasteiger charge is 2.20. The fourth-order valence-electron chi connectivity index (χ4n) is 2.47. The minimum absolute atomic E-state index is 0.155. The summed E-state index contributed by atoms with van der Waals surface area (Å²) in [5, 5.41) is 3.27. The minimum Gasteiger partial charge on any atom is -0.377 e. The quantitative estimate of drug-likeness (QED) is 0.868. The van der Waals surface area contributed by atoms with Gasteiger partial charge in [-0.2, -0.15) is 0 Å². The highest BCUT2D eigenvalue weighted by molar-refractivity contribution is 7.85. The van der Waals surface area contributed by atoms with E-state index in [-0.39, 0.29) is 12.1 Å². The molecule has 3 atom stereocenters. The van der Waals surface area contributed by atoms with Crippen molar-refractivity contribution in [2.45, 2.75) is 31.9 Å². The Kier molecular flexibility index (Phi) is 5.55. The van der Waals surface area contributed by atoms with Gasteiger partial charge in [0.15, 0.2) is 0 Å². The van der Waals surface area contributed by atoms with Crippen molar-refractivity contribution < 1.29 is 8.95 Å². The Bertz CT molecular complexity index is 430. The fraction of sp³-hybridized carbons (Fsp3) is 0.600. The first-order valence-electron chi connectivity index (χ1n) is 6.89. The third-order valence-electron chi connectivity index (χ3n) is 3.54. The zero-order chi connectivity index (χ0) is 13.7. The van der Waals surface area contributed by atoms with E-state index < -0.39 is 10.8 Å². The largest absolute Gasteiger partial charge is 0.377 e. The van der Waals surface area contributed by atoms with Crippen LogP contribution < -0.4 is 5.32 Å². The van der Waals surface area contributed by atoms with E-state index in [2.05, 4.69) is 36.5 Å². The second-order valence-corrected chi connectivity index (χ2v) is 6.71. The molecule has 1 saturated heterocycles. The van der Waals surface area contributed by atoms with Crippen LogP contribution in [0.2, 0.25) is 0 Å². The van der Waals surface area contributed by atoms with Crippen LogP contribution in [0, 0.1) is 6.92 Å². The standard InChI is InChI=1S/C15H23NO2S/c1-12-5-3-6-13(9-12)15(16-2)11-19(17)10-14-7-4-8-18-14/h3,5-6,9,14-16H,4,7-8,10-11H2,1-2H3. The summed E-state index contributed by atoms with van der Waals surface area (Å²) >= 11 is 0. The van der Waals surface area contributed by atoms with Crippen molar-refractivity contribution in [2.24, 2.45) is 0 Å². The molecule has 2 rings (SSSR count). The van der Waals surface area contributed by atoms with Crippen LogP contribution in [-0.2, 0) is 15.5 Å². The Morgan fingerprint density at radius 1 is 1.53 bits per heavy atom. The molecule has 1 N–H and O–H groups in total. The molecule has 4 heteroatoms. The minimum atomic E-state index is -0.834. The van der Waals surface area contributed by atoms with E-state index in [1.807, 2.05) is 7.05 Å². The molecule has 0 spiro atoms. The SMILES string of the molecule is CNC(CS(=O)CC1CCCO1)c1cccc(C)c1. The summed E-state index contributed by atoms with van der Waals surface area (Å²) in [5.74, 6) is 1.32. The Morgan fingerprint density at radius 2 is 2.37 bits per heavy atom. The Morgan fingerprint density at radius 3 is 3.00 bits per heavy atom. The second kappa shape index (κ2) is 7.17. The molecular formula is C15H23NO2S. The molecule has 1 heterocycles. The van der Waals surface area contributed by atoms with Crippen molar-refractivity contribution in [3.63, 3.8) is 0 Å². The maximum Gasteiger partial charge on any atom is 0.0691 e. The average Bonchev–Trinajstić information content (AvgIpc) is 2.88. The van der Waals surface area contributed by atoms with Gasteiger partial charge in [-0.15, -0.1) is 0 Å². The molecule has 0 amide bonds. The van der Waals surface area contributed by atoms with Gasteiger partial charge < -0.3 is 10.1 Å². The molecule has 106 valence electrons. The molecule has 1 aliphatic heterocycles. The number of benzene rings is 1. The maximum atomic E-state index is 12.2. The summed E-state index contributed by atoms with van der Waals surface area (Å²) in [5.41, 5.74) is 2.45. The summed E-state index contributed by atoms with van der Waals surface area (Å²) in [7, 11) is 1.09. The van der Waals surface area contributed by atoms with E-state index in [0.29, 0.717) is 11.5 Å². The number of aryl methyl sites for hydroxylation is 1. The van der Waals surface area contributed by atoms with Crippen LogP contribution in [0.4, 0.5) is 0 Å². The van der Waals surface area contributed by atoms with Gasteiger partial charge in [-0.1, -0.05) is 29.8 Å². The van der Waals surface area contributed by atoms with Crippen LogP contribution in [0.1, 0.15) is 30.0 Å². The van der Waals surface area contributed by atoms with Crippen LogP contribution in [-0.4, -0.2) is 35.5 Å².